The van der Waals surface area contributed by atoms with Crippen LogP contribution >= 0.6 is 23.5 Å². The van der Waals surface area contributed by atoms with Crippen molar-refractivity contribution >= 4 is 366 Å². The van der Waals surface area contributed by atoms with Crippen LogP contribution in [0.4, 0.5) is 11.4 Å². The summed E-state index contributed by atoms with van der Waals surface area (Å²) < 4.78 is 307. The maximum Gasteiger partial charge on any atom is 0.397 e. The number of benzene rings is 3. The van der Waals surface area contributed by atoms with Crippen molar-refractivity contribution in [1.82, 2.24) is 0 Å². The Morgan fingerprint density at radius 1 is 0.352 bits per heavy atom. The van der Waals surface area contributed by atoms with Crippen LogP contribution in [0.3, 0.4) is 0 Å². The fraction of sp³-hybridized carbons (Fsp3) is 0.375. The van der Waals surface area contributed by atoms with E-state index in [1.165, 1.54) is 72.8 Å². The van der Waals surface area contributed by atoms with Gasteiger partial charge in [0.2, 0.25) is 0 Å². The number of carbonyl (C=O) groups excluding carboxylic acids is 2. The van der Waals surface area contributed by atoms with Crippen molar-refractivity contribution in [3.8, 4) is 0 Å². The van der Waals surface area contributed by atoms with E-state index < -0.39 is 168 Å². The topological polar surface area (TPSA) is 585 Å². The fourth-order valence-corrected chi connectivity index (χ4v) is 12.7. The second kappa shape index (κ2) is 41.2. The summed E-state index contributed by atoms with van der Waals surface area (Å²) in [6.45, 7) is -2.95. The molecule has 10 N–H and O–H groups in total. The molecule has 56 heteroatoms. The third-order valence-electron chi connectivity index (χ3n) is 9.48. The van der Waals surface area contributed by atoms with E-state index in [4.69, 9.17) is 18.6 Å². The van der Waals surface area contributed by atoms with E-state index in [0.29, 0.717) is 23.5 Å². The van der Waals surface area contributed by atoms with Crippen LogP contribution in [-0.2, 0) is 126 Å². The van der Waals surface area contributed by atoms with Crippen LogP contribution in [0.25, 0.3) is 0 Å². The van der Waals surface area contributed by atoms with Crippen molar-refractivity contribution in [1.29, 1.82) is 0 Å². The number of rotatable bonds is 26. The van der Waals surface area contributed by atoms with Crippen LogP contribution in [-0.4, -0.2) is 425 Å². The molecule has 2 amide bonds. The second-order valence-electron chi connectivity index (χ2n) is 15.2. The van der Waals surface area contributed by atoms with Gasteiger partial charge in [0.1, 0.15) is 59.7 Å². The molecule has 2 fully saturated rings. The van der Waals surface area contributed by atoms with Crippen LogP contribution in [0.1, 0.15) is 20.7 Å². The van der Waals surface area contributed by atoms with Gasteiger partial charge in [0, 0.05) is 269 Å². The summed E-state index contributed by atoms with van der Waals surface area (Å²) >= 11 is 0.724. The largest absolute Gasteiger partial charge is 0.397 e. The van der Waals surface area contributed by atoms with Gasteiger partial charge in [-0.25, -0.2) is 33.5 Å². The number of hydrogen-bond acceptors (Lipinski definition) is 30. The zero-order valence-corrected chi connectivity index (χ0v) is 70.4. The number of hydrogen-bond donors (Lipinski definition) is 10. The SMILES string of the molecule is O=C(Nc1ccc(S[C@@H]2O[C@H](COS(=O)(=O)O)[C@@H](OS(=O)(=O)O)[C@H](OS(=O)(=O)O)[C@H]2OS(=O)(=O)O)cc1)c1ccc(C(=O)Nc2ccc(S[C@@H]3O[C@H](COS(=O)(=O)O)[C@@H](OS(=O)(=O)O)[C@H](OS(=O)(=O)O)[C@H]3OS(=O)(=O)O)cc2)cc1.[Na].[Na].[Na].[Na].[Na].[Na].[Na].[Na]. The molecule has 0 saturated carbocycles. The van der Waals surface area contributed by atoms with Gasteiger partial charge in [-0.05, 0) is 72.8 Å². The van der Waals surface area contributed by atoms with Gasteiger partial charge < -0.3 is 20.1 Å². The van der Waals surface area contributed by atoms with Crippen molar-refractivity contribution in [3.63, 3.8) is 0 Å². The van der Waals surface area contributed by atoms with E-state index in [-0.39, 0.29) is 269 Å². The molecule has 38 nitrogen and oxygen atoms in total. The van der Waals surface area contributed by atoms with Crippen LogP contribution in [0, 0.1) is 0 Å². The van der Waals surface area contributed by atoms with E-state index in [9.17, 15) is 104 Å². The van der Waals surface area contributed by atoms with E-state index in [2.05, 4.69) is 44.1 Å². The number of thioether (sulfide) groups is 2. The van der Waals surface area contributed by atoms with Gasteiger partial charge in [0.15, 0.2) is 0 Å². The summed E-state index contributed by atoms with van der Waals surface area (Å²) in [6.07, 6.45) is -20.5. The third kappa shape index (κ3) is 36.5. The van der Waals surface area contributed by atoms with Crippen LogP contribution < -0.4 is 10.6 Å². The van der Waals surface area contributed by atoms with E-state index >= 15 is 0 Å². The number of ether oxygens (including phenoxy) is 2. The molecule has 2 heterocycles. The number of anilines is 2. The first-order chi connectivity index (χ1) is 36.4. The molecule has 0 aromatic heterocycles. The van der Waals surface area contributed by atoms with Crippen molar-refractivity contribution in [2.24, 2.45) is 0 Å². The summed E-state index contributed by atoms with van der Waals surface area (Å²) in [4.78, 5) is 26.3. The molecule has 10 atom stereocenters. The fourth-order valence-electron chi connectivity index (χ4n) is 6.70. The minimum atomic E-state index is -5.77. The first kappa shape index (κ1) is 98.6. The van der Waals surface area contributed by atoms with Crippen LogP contribution in [0.2, 0.25) is 0 Å². The summed E-state index contributed by atoms with van der Waals surface area (Å²) in [5.41, 5.74) is -4.13. The Hall–Kier alpha value is 4.18. The number of nitrogens with one attached hydrogen (secondary N) is 2. The molecule has 0 bridgehead atoms. The standard InChI is InChI=1S/C32H36N2O36S10.8Na/c35-29(33-17-5-9-19(10-6-17)71-31-27(69-79(55,56)57)25(67-77(49,50)51)23(65-75(43,44)45)21(63-31)13-61-73(37,38)39)15-1-2-16(4-3-15)30(36)34-18-7-11-20(12-8-18)72-32-28(70-80(58,59)60)26(68-78(52,53)54)24(66-76(46,47)48)22(64-32)14-62-74(40,41)42;;;;;;;;/h1-12,21-28,31-32H,13-14H2,(H,33,35)(H,34,36)(H,37,38,39)(H,40,41,42)(H,43,44,45)(H,46,47,48)(H,49,50,51)(H,52,53,54)(H,55,56,57)(H,58,59,60);;;;;;;;/t21-,22-,23-,24-,25+,26+,27-,28-,31+,32+;;;;;;;;/m1......../s1. The van der Waals surface area contributed by atoms with Gasteiger partial charge in [-0.1, -0.05) is 23.5 Å². The molecule has 3 aromatic rings. The molecule has 8 radical (unpaired) electrons. The third-order valence-corrected chi connectivity index (χ3v) is 15.5. The van der Waals surface area contributed by atoms with Gasteiger partial charge in [-0.2, -0.15) is 67.3 Å². The van der Waals surface area contributed by atoms with Crippen molar-refractivity contribution in [2.45, 2.75) is 69.5 Å². The first-order valence-corrected chi connectivity index (χ1v) is 32.8. The molecule has 5 rings (SSSR count). The Morgan fingerprint density at radius 2 is 0.580 bits per heavy atom. The Bertz CT molecular complexity index is 3460. The molecular formula is C32H36N2Na8O36S10. The van der Waals surface area contributed by atoms with Gasteiger partial charge in [0.25, 0.3) is 11.8 Å². The molecular weight excluding hydrogens is 1490 g/mol. The Labute approximate surface area is 687 Å². The van der Waals surface area contributed by atoms with Crippen molar-refractivity contribution in [3.05, 3.63) is 83.9 Å². The summed E-state index contributed by atoms with van der Waals surface area (Å²) in [5.74, 6) is -1.58. The van der Waals surface area contributed by atoms with E-state index in [1.807, 2.05) is 0 Å². The molecule has 3 aromatic carbocycles. The van der Waals surface area contributed by atoms with Gasteiger partial charge >= 0.3 is 83.2 Å². The minimum Gasteiger partial charge on any atom is -0.356 e. The van der Waals surface area contributed by atoms with Crippen LogP contribution in [0.5, 0.6) is 0 Å². The molecule has 0 unspecified atom stereocenters. The number of amides is 2. The average molecular weight is 1530 g/mol. The quantitative estimate of drug-likeness (QED) is 0.0268. The maximum absolute atomic E-state index is 13.2. The Kier molecular flexibility index (Phi) is 46.1. The number of carbonyl (C=O) groups is 2. The molecule has 2 saturated heterocycles. The zero-order valence-electron chi connectivity index (χ0n) is 46.2. The first-order valence-electron chi connectivity index (χ1n) is 20.1. The molecule has 0 aliphatic carbocycles. The van der Waals surface area contributed by atoms with E-state index in [1.54, 1.807) is 0 Å². The van der Waals surface area contributed by atoms with Gasteiger partial charge in [0.05, 0.1) is 13.2 Å². The molecule has 2 aliphatic rings. The normalized spacial score (nSPS) is 22.4. The Morgan fingerprint density at radius 3 is 0.807 bits per heavy atom. The monoisotopic (exact) mass is 1530 g/mol. The maximum atomic E-state index is 13.2. The summed E-state index contributed by atoms with van der Waals surface area (Å²) in [6, 6.07) is 14.4. The van der Waals surface area contributed by atoms with Crippen molar-refractivity contribution in [2.75, 3.05) is 23.8 Å². The van der Waals surface area contributed by atoms with Crippen LogP contribution in [0.15, 0.2) is 82.6 Å². The zero-order chi connectivity index (χ0) is 60.2. The summed E-state index contributed by atoms with van der Waals surface area (Å²) in [5, 5.41) is 4.98. The molecule has 2 aliphatic heterocycles. The average Bonchev–Trinajstić information content (AvgIpc) is 3.27. The van der Waals surface area contributed by atoms with Gasteiger partial charge in [-0.15, -0.1) is 0 Å². The Balaban J connectivity index is -0.00000441. The predicted octanol–water partition coefficient (Wildman–Crippen LogP) is -4.45. The van der Waals surface area contributed by atoms with E-state index in [0.717, 1.165) is 0 Å². The smallest absolute Gasteiger partial charge is 0.356 e. The summed E-state index contributed by atoms with van der Waals surface area (Å²) in [7, 11) is -45.2. The molecule has 88 heavy (non-hydrogen) atoms. The van der Waals surface area contributed by atoms with Crippen molar-refractivity contribution < 1.29 is 156 Å². The minimum absolute atomic E-state index is 0. The molecule has 458 valence electrons. The van der Waals surface area contributed by atoms with Gasteiger partial charge in [-0.3, -0.25) is 46.0 Å². The predicted molar refractivity (Wildman–Crippen MR) is 304 cm³/mol. The molecule has 0 spiro atoms. The second-order valence-corrected chi connectivity index (χ2v) is 26.0.